The van der Waals surface area contributed by atoms with Crippen molar-refractivity contribution in [3.05, 3.63) is 23.8 Å². The van der Waals surface area contributed by atoms with Gasteiger partial charge in [-0.15, -0.1) is 13.2 Å². The lowest BCUT2D eigenvalue weighted by Crippen LogP contribution is -2.17. The Kier molecular flexibility index (Phi) is 4.20. The van der Waals surface area contributed by atoms with Crippen LogP contribution in [0.15, 0.2) is 18.2 Å². The SMILES string of the molecule is CCC(Cc1c(N)[nH]c2ccc(OC(F)(F)F)cc12)C(=O)O. The van der Waals surface area contributed by atoms with Gasteiger partial charge in [-0.3, -0.25) is 4.79 Å². The number of halogens is 3. The van der Waals surface area contributed by atoms with Gasteiger partial charge in [0.05, 0.1) is 5.92 Å². The van der Waals surface area contributed by atoms with Crippen molar-refractivity contribution in [3.63, 3.8) is 0 Å². The summed E-state index contributed by atoms with van der Waals surface area (Å²) in [6.45, 7) is 1.72. The van der Waals surface area contributed by atoms with Crippen LogP contribution in [0.5, 0.6) is 5.75 Å². The minimum atomic E-state index is -4.79. The quantitative estimate of drug-likeness (QED) is 0.789. The number of alkyl halides is 3. The van der Waals surface area contributed by atoms with Gasteiger partial charge in [-0.05, 0) is 31.0 Å². The van der Waals surface area contributed by atoms with Gasteiger partial charge in [-0.2, -0.15) is 0 Å². The molecule has 0 amide bonds. The number of ether oxygens (including phenoxy) is 1. The number of H-pyrrole nitrogens is 1. The van der Waals surface area contributed by atoms with Crippen molar-refractivity contribution in [2.45, 2.75) is 26.1 Å². The Morgan fingerprint density at radius 1 is 1.45 bits per heavy atom. The van der Waals surface area contributed by atoms with Crippen molar-refractivity contribution < 1.29 is 27.8 Å². The molecule has 0 bridgehead atoms. The van der Waals surface area contributed by atoms with Gasteiger partial charge in [0.2, 0.25) is 0 Å². The second-order valence-corrected chi connectivity index (χ2v) is 4.92. The Bertz CT molecular complexity index is 694. The summed E-state index contributed by atoms with van der Waals surface area (Å²) >= 11 is 0. The molecule has 0 aliphatic carbocycles. The van der Waals surface area contributed by atoms with Crippen LogP contribution in [0, 0.1) is 5.92 Å². The van der Waals surface area contributed by atoms with E-state index >= 15 is 0 Å². The molecule has 0 spiro atoms. The summed E-state index contributed by atoms with van der Waals surface area (Å²) in [5.41, 5.74) is 6.84. The predicted octanol–water partition coefficient (Wildman–Crippen LogP) is 3.30. The molecule has 2 aromatic rings. The van der Waals surface area contributed by atoms with E-state index in [1.807, 2.05) is 0 Å². The molecule has 5 nitrogen and oxygen atoms in total. The first-order valence-electron chi connectivity index (χ1n) is 6.60. The number of anilines is 1. The van der Waals surface area contributed by atoms with E-state index in [-0.39, 0.29) is 18.0 Å². The van der Waals surface area contributed by atoms with Crippen LogP contribution >= 0.6 is 0 Å². The maximum absolute atomic E-state index is 12.3. The van der Waals surface area contributed by atoms with Crippen molar-refractivity contribution in [3.8, 4) is 5.75 Å². The number of fused-ring (bicyclic) bond motifs is 1. The highest BCUT2D eigenvalue weighted by Gasteiger charge is 2.31. The Hall–Kier alpha value is -2.38. The molecule has 1 unspecified atom stereocenters. The second-order valence-electron chi connectivity index (χ2n) is 4.92. The van der Waals surface area contributed by atoms with E-state index in [0.29, 0.717) is 22.9 Å². The maximum atomic E-state index is 12.3. The van der Waals surface area contributed by atoms with E-state index in [0.717, 1.165) is 0 Å². The number of hydrogen-bond donors (Lipinski definition) is 3. The summed E-state index contributed by atoms with van der Waals surface area (Å²) in [7, 11) is 0. The zero-order valence-electron chi connectivity index (χ0n) is 11.7. The summed E-state index contributed by atoms with van der Waals surface area (Å²) in [5.74, 6) is -1.75. The fraction of sp³-hybridized carbons (Fsp3) is 0.357. The number of rotatable bonds is 5. The molecule has 22 heavy (non-hydrogen) atoms. The average molecular weight is 316 g/mol. The van der Waals surface area contributed by atoms with Gasteiger partial charge in [-0.1, -0.05) is 6.92 Å². The normalized spacial score (nSPS) is 13.3. The number of carboxylic acids is 1. The number of nitrogens with one attached hydrogen (secondary N) is 1. The van der Waals surface area contributed by atoms with Crippen LogP contribution in [0.25, 0.3) is 10.9 Å². The molecule has 0 radical (unpaired) electrons. The Morgan fingerprint density at radius 2 is 2.14 bits per heavy atom. The third-order valence-electron chi connectivity index (χ3n) is 3.44. The molecule has 0 saturated heterocycles. The van der Waals surface area contributed by atoms with Crippen molar-refractivity contribution in [2.75, 3.05) is 5.73 Å². The molecular formula is C14H15F3N2O3. The fourth-order valence-electron chi connectivity index (χ4n) is 2.32. The highest BCUT2D eigenvalue weighted by atomic mass is 19.4. The summed E-state index contributed by atoms with van der Waals surface area (Å²) in [6.07, 6.45) is -4.27. The lowest BCUT2D eigenvalue weighted by Gasteiger charge is -2.11. The number of benzene rings is 1. The zero-order valence-corrected chi connectivity index (χ0v) is 11.7. The van der Waals surface area contributed by atoms with Crippen LogP contribution < -0.4 is 10.5 Å². The molecule has 2 rings (SSSR count). The standard InChI is InChI=1S/C14H15F3N2O3/c1-2-7(13(20)21)5-10-9-6-8(22-14(15,16)17)3-4-11(9)19-12(10)18/h3-4,6-7,19H,2,5,18H2,1H3,(H,20,21). The van der Waals surface area contributed by atoms with E-state index in [1.165, 1.54) is 18.2 Å². The molecule has 1 aromatic carbocycles. The monoisotopic (exact) mass is 316 g/mol. The molecular weight excluding hydrogens is 301 g/mol. The molecule has 8 heteroatoms. The lowest BCUT2D eigenvalue weighted by molar-refractivity contribution is -0.274. The van der Waals surface area contributed by atoms with Crippen molar-refractivity contribution in [1.29, 1.82) is 0 Å². The van der Waals surface area contributed by atoms with Gasteiger partial charge in [0.15, 0.2) is 0 Å². The minimum Gasteiger partial charge on any atom is -0.481 e. The fourth-order valence-corrected chi connectivity index (χ4v) is 2.32. The largest absolute Gasteiger partial charge is 0.573 e. The molecule has 0 fully saturated rings. The van der Waals surface area contributed by atoms with E-state index < -0.39 is 18.2 Å². The first-order chi connectivity index (χ1) is 10.2. The van der Waals surface area contributed by atoms with E-state index in [4.69, 9.17) is 10.8 Å². The topological polar surface area (TPSA) is 88.3 Å². The van der Waals surface area contributed by atoms with Gasteiger partial charge in [0, 0.05) is 16.5 Å². The Morgan fingerprint density at radius 3 is 2.68 bits per heavy atom. The molecule has 0 aliphatic rings. The van der Waals surface area contributed by atoms with Gasteiger partial charge in [0.25, 0.3) is 0 Å². The molecule has 1 aromatic heterocycles. The molecule has 0 aliphatic heterocycles. The zero-order chi connectivity index (χ0) is 16.5. The number of carboxylic acid groups (broad SMARTS) is 1. The molecule has 1 atom stereocenters. The first kappa shape index (κ1) is 16.0. The minimum absolute atomic E-state index is 0.132. The van der Waals surface area contributed by atoms with Crippen LogP contribution in [0.3, 0.4) is 0 Å². The molecule has 4 N–H and O–H groups in total. The molecule has 120 valence electrons. The van der Waals surface area contributed by atoms with Gasteiger partial charge in [-0.25, -0.2) is 0 Å². The number of nitrogens with two attached hydrogens (primary N) is 1. The summed E-state index contributed by atoms with van der Waals surface area (Å²) < 4.78 is 40.7. The second kappa shape index (κ2) is 5.78. The third kappa shape index (κ3) is 3.44. The highest BCUT2D eigenvalue weighted by Crippen LogP contribution is 2.32. The van der Waals surface area contributed by atoms with Crippen LogP contribution in [0.4, 0.5) is 19.0 Å². The average Bonchev–Trinajstić information content (AvgIpc) is 2.69. The highest BCUT2D eigenvalue weighted by molar-refractivity contribution is 5.90. The smallest absolute Gasteiger partial charge is 0.481 e. The molecule has 1 heterocycles. The van der Waals surface area contributed by atoms with Crippen LogP contribution in [-0.4, -0.2) is 22.4 Å². The van der Waals surface area contributed by atoms with Gasteiger partial charge < -0.3 is 20.6 Å². The van der Waals surface area contributed by atoms with Crippen LogP contribution in [-0.2, 0) is 11.2 Å². The summed E-state index contributed by atoms with van der Waals surface area (Å²) in [6, 6.07) is 3.79. The van der Waals surface area contributed by atoms with Crippen molar-refractivity contribution >= 4 is 22.7 Å². The number of aromatic nitrogens is 1. The number of nitrogen functional groups attached to an aromatic ring is 1. The van der Waals surface area contributed by atoms with Crippen LogP contribution in [0.2, 0.25) is 0 Å². The molecule has 0 saturated carbocycles. The number of carbonyl (C=O) groups is 1. The van der Waals surface area contributed by atoms with Crippen molar-refractivity contribution in [2.24, 2.45) is 5.92 Å². The third-order valence-corrected chi connectivity index (χ3v) is 3.44. The van der Waals surface area contributed by atoms with E-state index in [9.17, 15) is 18.0 Å². The number of hydrogen-bond acceptors (Lipinski definition) is 3. The predicted molar refractivity (Wildman–Crippen MR) is 74.5 cm³/mol. The Balaban J connectivity index is 2.42. The number of aromatic amines is 1. The summed E-state index contributed by atoms with van der Waals surface area (Å²) in [4.78, 5) is 14.0. The first-order valence-corrected chi connectivity index (χ1v) is 6.60. The van der Waals surface area contributed by atoms with Gasteiger partial charge >= 0.3 is 12.3 Å². The lowest BCUT2D eigenvalue weighted by atomic mass is 9.96. The van der Waals surface area contributed by atoms with E-state index in [1.54, 1.807) is 6.92 Å². The van der Waals surface area contributed by atoms with Gasteiger partial charge in [0.1, 0.15) is 11.6 Å². The summed E-state index contributed by atoms with van der Waals surface area (Å²) in [5, 5.41) is 9.55. The van der Waals surface area contributed by atoms with E-state index in [2.05, 4.69) is 9.72 Å². The van der Waals surface area contributed by atoms with Crippen molar-refractivity contribution in [1.82, 2.24) is 4.98 Å². The number of aliphatic carboxylic acids is 1. The van der Waals surface area contributed by atoms with Crippen LogP contribution in [0.1, 0.15) is 18.9 Å². The maximum Gasteiger partial charge on any atom is 0.573 e. The Labute approximate surface area is 123 Å².